The third-order valence-corrected chi connectivity index (χ3v) is 6.03. The molecule has 31 heavy (non-hydrogen) atoms. The highest BCUT2D eigenvalue weighted by atomic mass is 16.1. The van der Waals surface area contributed by atoms with Gasteiger partial charge in [-0.3, -0.25) is 9.78 Å². The molecule has 0 radical (unpaired) electrons. The van der Waals surface area contributed by atoms with Crippen LogP contribution in [0.5, 0.6) is 0 Å². The molecule has 4 heterocycles. The highest BCUT2D eigenvalue weighted by Crippen LogP contribution is 2.23. The number of nitrogens with two attached hydrogens (primary N) is 1. The number of hydrogen-bond donors (Lipinski definition) is 1. The van der Waals surface area contributed by atoms with Crippen molar-refractivity contribution in [3.05, 3.63) is 58.3 Å². The van der Waals surface area contributed by atoms with Gasteiger partial charge in [-0.25, -0.2) is 9.67 Å². The van der Waals surface area contributed by atoms with Crippen LogP contribution in [0.3, 0.4) is 0 Å². The van der Waals surface area contributed by atoms with Crippen molar-refractivity contribution in [2.75, 3.05) is 18.0 Å². The highest BCUT2D eigenvalue weighted by molar-refractivity contribution is 5.85. The van der Waals surface area contributed by atoms with Gasteiger partial charge in [0, 0.05) is 36.8 Å². The van der Waals surface area contributed by atoms with E-state index >= 15 is 0 Å². The predicted molar refractivity (Wildman–Crippen MR) is 122 cm³/mol. The van der Waals surface area contributed by atoms with Gasteiger partial charge in [-0.15, -0.1) is 0 Å². The van der Waals surface area contributed by atoms with Gasteiger partial charge in [-0.05, 0) is 38.1 Å². The number of pyridine rings is 1. The second-order valence-electron chi connectivity index (χ2n) is 8.28. The van der Waals surface area contributed by atoms with Crippen molar-refractivity contribution in [1.82, 2.24) is 24.3 Å². The van der Waals surface area contributed by atoms with E-state index < -0.39 is 0 Å². The van der Waals surface area contributed by atoms with E-state index in [4.69, 9.17) is 15.7 Å². The summed E-state index contributed by atoms with van der Waals surface area (Å²) in [5, 5.41) is 6.58. The smallest absolute Gasteiger partial charge is 0.293 e. The summed E-state index contributed by atoms with van der Waals surface area (Å²) in [5.74, 6) is 0.809. The largest absolute Gasteiger partial charge is 0.341 e. The maximum Gasteiger partial charge on any atom is 0.293 e. The van der Waals surface area contributed by atoms with Crippen LogP contribution in [0.1, 0.15) is 31.2 Å². The van der Waals surface area contributed by atoms with Gasteiger partial charge >= 0.3 is 0 Å². The van der Waals surface area contributed by atoms with E-state index in [0.29, 0.717) is 24.1 Å². The fourth-order valence-electron chi connectivity index (χ4n) is 4.60. The van der Waals surface area contributed by atoms with Crippen LogP contribution in [0.15, 0.2) is 41.3 Å². The fraction of sp³-hybridized carbons (Fsp3) is 0.391. The summed E-state index contributed by atoms with van der Waals surface area (Å²) in [6.07, 6.45) is 3.74. The van der Waals surface area contributed by atoms with E-state index in [1.807, 2.05) is 36.6 Å². The van der Waals surface area contributed by atoms with Crippen molar-refractivity contribution in [3.63, 3.8) is 0 Å². The van der Waals surface area contributed by atoms with Gasteiger partial charge in [0.15, 0.2) is 0 Å². The first-order chi connectivity index (χ1) is 15.0. The Hall–Kier alpha value is -3.26. The first-order valence-electron chi connectivity index (χ1n) is 10.9. The number of rotatable bonds is 4. The third-order valence-electron chi connectivity index (χ3n) is 6.03. The van der Waals surface area contributed by atoms with Crippen LogP contribution in [-0.2, 0) is 13.1 Å². The first-order valence-corrected chi connectivity index (χ1v) is 10.9. The average molecular weight is 418 g/mol. The molecule has 0 saturated carbocycles. The van der Waals surface area contributed by atoms with E-state index in [1.165, 1.54) is 4.68 Å². The number of anilines is 1. The molecule has 1 aliphatic rings. The van der Waals surface area contributed by atoms with E-state index in [0.717, 1.165) is 54.0 Å². The Kier molecular flexibility index (Phi) is 4.94. The van der Waals surface area contributed by atoms with Crippen LogP contribution in [0.25, 0.3) is 21.8 Å². The minimum atomic E-state index is -0.146. The molecule has 3 aromatic heterocycles. The number of fused-ring (bicyclic) bond motifs is 2. The summed E-state index contributed by atoms with van der Waals surface area (Å²) < 4.78 is 3.49. The van der Waals surface area contributed by atoms with Crippen molar-refractivity contribution < 1.29 is 0 Å². The Bertz CT molecular complexity index is 1320. The van der Waals surface area contributed by atoms with Gasteiger partial charge in [0.25, 0.3) is 5.56 Å². The van der Waals surface area contributed by atoms with E-state index in [-0.39, 0.29) is 11.6 Å². The van der Waals surface area contributed by atoms with E-state index in [2.05, 4.69) is 22.1 Å². The molecule has 5 rings (SSSR count). The van der Waals surface area contributed by atoms with Crippen LogP contribution in [0, 0.1) is 6.92 Å². The number of nitrogens with zero attached hydrogens (tertiary/aromatic N) is 6. The standard InChI is InChI=1S/C23H27N7O/c1-3-29-21-19(27-23(29)28-10-6-8-17(24)13-28)12-25-30(22(21)31)14-20-18-9-5-4-7-16(18)11-15(2)26-20/h4-5,7,9,11-12,17H,3,6,8,10,13-14,24H2,1-2H3/t17-/m1/s1. The number of benzene rings is 1. The monoisotopic (exact) mass is 417 g/mol. The lowest BCUT2D eigenvalue weighted by Gasteiger charge is -2.31. The summed E-state index contributed by atoms with van der Waals surface area (Å²) in [4.78, 5) is 25.1. The molecule has 0 amide bonds. The SMILES string of the molecule is CCn1c(N2CCC[C@@H](N)C2)nc2cnn(Cc3nc(C)cc4ccccc34)c(=O)c21. The zero-order valence-corrected chi connectivity index (χ0v) is 18.0. The summed E-state index contributed by atoms with van der Waals surface area (Å²) in [6, 6.07) is 10.3. The summed E-state index contributed by atoms with van der Waals surface area (Å²) >= 11 is 0. The van der Waals surface area contributed by atoms with Crippen LogP contribution in [-0.4, -0.2) is 43.4 Å². The maximum absolute atomic E-state index is 13.5. The Morgan fingerprint density at radius 3 is 2.87 bits per heavy atom. The number of piperidine rings is 1. The topological polar surface area (TPSA) is 94.9 Å². The third kappa shape index (κ3) is 3.46. The normalized spacial score (nSPS) is 17.0. The number of aryl methyl sites for hydroxylation is 2. The lowest BCUT2D eigenvalue weighted by atomic mass is 10.1. The molecule has 160 valence electrons. The van der Waals surface area contributed by atoms with Gasteiger partial charge in [-0.2, -0.15) is 5.10 Å². The minimum Gasteiger partial charge on any atom is -0.341 e. The van der Waals surface area contributed by atoms with Gasteiger partial charge < -0.3 is 15.2 Å². The number of hydrogen-bond acceptors (Lipinski definition) is 6. The molecule has 0 bridgehead atoms. The second-order valence-corrected chi connectivity index (χ2v) is 8.28. The maximum atomic E-state index is 13.5. The Balaban J connectivity index is 1.60. The molecule has 1 atom stereocenters. The molecule has 1 aromatic carbocycles. The van der Waals surface area contributed by atoms with Crippen LogP contribution >= 0.6 is 0 Å². The minimum absolute atomic E-state index is 0.134. The second kappa shape index (κ2) is 7.77. The molecule has 8 heteroatoms. The molecule has 0 spiro atoms. The quantitative estimate of drug-likeness (QED) is 0.548. The lowest BCUT2D eigenvalue weighted by Crippen LogP contribution is -2.44. The Morgan fingerprint density at radius 1 is 1.23 bits per heavy atom. The molecule has 4 aromatic rings. The van der Waals surface area contributed by atoms with E-state index in [9.17, 15) is 4.79 Å². The molecular formula is C23H27N7O. The molecule has 1 aliphatic heterocycles. The highest BCUT2D eigenvalue weighted by Gasteiger charge is 2.24. The van der Waals surface area contributed by atoms with Gasteiger partial charge in [0.1, 0.15) is 11.0 Å². The molecule has 0 aliphatic carbocycles. The number of aromatic nitrogens is 5. The summed E-state index contributed by atoms with van der Waals surface area (Å²) in [7, 11) is 0. The van der Waals surface area contributed by atoms with Gasteiger partial charge in [-0.1, -0.05) is 24.3 Å². The van der Waals surface area contributed by atoms with Crippen molar-refractivity contribution in [2.24, 2.45) is 5.73 Å². The van der Waals surface area contributed by atoms with Crippen LogP contribution < -0.4 is 16.2 Å². The molecule has 1 fully saturated rings. The van der Waals surface area contributed by atoms with Crippen molar-refractivity contribution >= 4 is 27.8 Å². The zero-order chi connectivity index (χ0) is 21.5. The molecular weight excluding hydrogens is 390 g/mol. The van der Waals surface area contributed by atoms with Gasteiger partial charge in [0.2, 0.25) is 5.95 Å². The average Bonchev–Trinajstić information content (AvgIpc) is 3.15. The molecule has 0 unspecified atom stereocenters. The zero-order valence-electron chi connectivity index (χ0n) is 18.0. The predicted octanol–water partition coefficient (Wildman–Crippen LogP) is 2.45. The van der Waals surface area contributed by atoms with E-state index in [1.54, 1.807) is 6.20 Å². The molecule has 2 N–H and O–H groups in total. The van der Waals surface area contributed by atoms with Crippen LogP contribution in [0.2, 0.25) is 0 Å². The van der Waals surface area contributed by atoms with Crippen molar-refractivity contribution in [1.29, 1.82) is 0 Å². The molecule has 1 saturated heterocycles. The van der Waals surface area contributed by atoms with Crippen molar-refractivity contribution in [3.8, 4) is 0 Å². The Labute approximate surface area is 180 Å². The fourth-order valence-corrected chi connectivity index (χ4v) is 4.60. The summed E-state index contributed by atoms with van der Waals surface area (Å²) in [6.45, 7) is 6.63. The molecule has 8 nitrogen and oxygen atoms in total. The Morgan fingerprint density at radius 2 is 2.06 bits per heavy atom. The van der Waals surface area contributed by atoms with Crippen molar-refractivity contribution in [2.45, 2.75) is 45.8 Å². The van der Waals surface area contributed by atoms with Gasteiger partial charge in [0.05, 0.1) is 18.4 Å². The lowest BCUT2D eigenvalue weighted by molar-refractivity contribution is 0.494. The first kappa shape index (κ1) is 19.7. The number of imidazole rings is 1. The summed E-state index contributed by atoms with van der Waals surface area (Å²) in [5.41, 5.74) is 9.01. The van der Waals surface area contributed by atoms with Crippen LogP contribution in [0.4, 0.5) is 5.95 Å².